The first-order valence-corrected chi connectivity index (χ1v) is 7.04. The molecule has 4 nitrogen and oxygen atoms in total. The zero-order valence-corrected chi connectivity index (χ0v) is 11.7. The fourth-order valence-electron chi connectivity index (χ4n) is 2.87. The fraction of sp³-hybridized carbons (Fsp3) is 0.375. The van der Waals surface area contributed by atoms with Crippen LogP contribution in [0, 0.1) is 0 Å². The number of imidazole rings is 1. The van der Waals surface area contributed by atoms with Gasteiger partial charge in [-0.15, -0.1) is 0 Å². The number of amides is 1. The number of likely N-dealkylation sites (N-methyl/N-ethyl adjacent to an activating group) is 1. The third-order valence-electron chi connectivity index (χ3n) is 4.06. The van der Waals surface area contributed by atoms with Gasteiger partial charge in [-0.25, -0.2) is 4.98 Å². The second kappa shape index (κ2) is 5.49. The number of rotatable bonds is 4. The van der Waals surface area contributed by atoms with Gasteiger partial charge in [-0.1, -0.05) is 24.3 Å². The minimum absolute atomic E-state index is 0.0407. The van der Waals surface area contributed by atoms with Crippen LogP contribution >= 0.6 is 0 Å². The number of carbonyl (C=O) groups is 1. The van der Waals surface area contributed by atoms with Gasteiger partial charge in [0.2, 0.25) is 5.91 Å². The molecule has 0 spiro atoms. The third-order valence-corrected chi connectivity index (χ3v) is 4.06. The summed E-state index contributed by atoms with van der Waals surface area (Å²) in [5.41, 5.74) is 2.54. The molecule has 0 aliphatic heterocycles. The molecule has 0 radical (unpaired) electrons. The molecule has 0 N–H and O–H groups in total. The van der Waals surface area contributed by atoms with Crippen LogP contribution in [0.1, 0.15) is 23.5 Å². The van der Waals surface area contributed by atoms with Crippen LogP contribution in [0.2, 0.25) is 0 Å². The maximum atomic E-state index is 12.6. The second-order valence-corrected chi connectivity index (χ2v) is 5.35. The Morgan fingerprint density at radius 3 is 3.10 bits per heavy atom. The van der Waals surface area contributed by atoms with Crippen molar-refractivity contribution in [2.45, 2.75) is 25.3 Å². The topological polar surface area (TPSA) is 38.1 Å². The maximum Gasteiger partial charge on any atom is 0.229 e. The molecule has 1 aromatic heterocycles. The van der Waals surface area contributed by atoms with Gasteiger partial charge in [0.25, 0.3) is 0 Å². The van der Waals surface area contributed by atoms with E-state index in [9.17, 15) is 4.79 Å². The highest BCUT2D eigenvalue weighted by Crippen LogP contribution is 2.33. The number of carbonyl (C=O) groups excluding carboxylic acids is 1. The van der Waals surface area contributed by atoms with Crippen LogP contribution in [0.25, 0.3) is 0 Å². The zero-order valence-electron chi connectivity index (χ0n) is 11.7. The second-order valence-electron chi connectivity index (χ2n) is 5.35. The molecule has 1 atom stereocenters. The minimum Gasteiger partial charge on any atom is -0.343 e. The molecule has 0 saturated carbocycles. The molecule has 1 aliphatic carbocycles. The molecular formula is C16H19N3O. The largest absolute Gasteiger partial charge is 0.343 e. The number of benzene rings is 1. The van der Waals surface area contributed by atoms with Crippen molar-refractivity contribution in [2.24, 2.45) is 0 Å². The summed E-state index contributed by atoms with van der Waals surface area (Å²) in [4.78, 5) is 18.4. The summed E-state index contributed by atoms with van der Waals surface area (Å²) in [7, 11) is 1.89. The van der Waals surface area contributed by atoms with Gasteiger partial charge in [-0.3, -0.25) is 4.79 Å². The molecule has 0 fully saturated rings. The predicted octanol–water partition coefficient (Wildman–Crippen LogP) is 2.07. The van der Waals surface area contributed by atoms with Gasteiger partial charge in [0, 0.05) is 32.5 Å². The van der Waals surface area contributed by atoms with E-state index in [2.05, 4.69) is 23.2 Å². The van der Waals surface area contributed by atoms with E-state index in [0.717, 1.165) is 19.4 Å². The molecule has 1 aliphatic rings. The number of aryl methyl sites for hydroxylation is 1. The Balaban J connectivity index is 1.64. The molecule has 4 heteroatoms. The van der Waals surface area contributed by atoms with E-state index in [1.165, 1.54) is 11.1 Å². The molecule has 1 aromatic carbocycles. The van der Waals surface area contributed by atoms with E-state index in [4.69, 9.17) is 0 Å². The lowest BCUT2D eigenvalue weighted by atomic mass is 10.00. The predicted molar refractivity (Wildman–Crippen MR) is 77.4 cm³/mol. The van der Waals surface area contributed by atoms with Crippen molar-refractivity contribution < 1.29 is 4.79 Å². The van der Waals surface area contributed by atoms with Crippen molar-refractivity contribution in [3.8, 4) is 0 Å². The lowest BCUT2D eigenvalue weighted by molar-refractivity contribution is -0.131. The molecule has 3 rings (SSSR count). The molecule has 2 aromatic rings. The molecule has 1 heterocycles. The van der Waals surface area contributed by atoms with E-state index in [1.54, 1.807) is 12.5 Å². The number of hydrogen-bond donors (Lipinski definition) is 0. The van der Waals surface area contributed by atoms with Crippen LogP contribution in [0.3, 0.4) is 0 Å². The molecule has 104 valence electrons. The average molecular weight is 269 g/mol. The normalized spacial score (nSPS) is 16.9. The van der Waals surface area contributed by atoms with Crippen molar-refractivity contribution in [3.63, 3.8) is 0 Å². The van der Waals surface area contributed by atoms with Gasteiger partial charge < -0.3 is 9.47 Å². The van der Waals surface area contributed by atoms with Crippen molar-refractivity contribution in [3.05, 3.63) is 54.1 Å². The summed E-state index contributed by atoms with van der Waals surface area (Å²) >= 11 is 0. The lowest BCUT2D eigenvalue weighted by Crippen LogP contribution is -2.33. The summed E-state index contributed by atoms with van der Waals surface area (Å²) in [5, 5.41) is 0. The number of hydrogen-bond acceptors (Lipinski definition) is 2. The third kappa shape index (κ3) is 2.46. The Bertz CT molecular complexity index is 592. The van der Waals surface area contributed by atoms with Gasteiger partial charge >= 0.3 is 0 Å². The van der Waals surface area contributed by atoms with E-state index >= 15 is 0 Å². The van der Waals surface area contributed by atoms with Crippen LogP contribution in [0.15, 0.2) is 43.0 Å². The zero-order chi connectivity index (χ0) is 13.9. The first kappa shape index (κ1) is 12.9. The van der Waals surface area contributed by atoms with E-state index in [0.29, 0.717) is 6.54 Å². The smallest absolute Gasteiger partial charge is 0.229 e. The Kier molecular flexibility index (Phi) is 3.54. The lowest BCUT2D eigenvalue weighted by Gasteiger charge is -2.21. The quantitative estimate of drug-likeness (QED) is 0.852. The van der Waals surface area contributed by atoms with Crippen LogP contribution in [-0.4, -0.2) is 34.0 Å². The van der Waals surface area contributed by atoms with Crippen molar-refractivity contribution in [1.82, 2.24) is 14.5 Å². The van der Waals surface area contributed by atoms with Crippen molar-refractivity contribution >= 4 is 5.91 Å². The highest BCUT2D eigenvalue weighted by atomic mass is 16.2. The molecule has 0 saturated heterocycles. The van der Waals surface area contributed by atoms with Gasteiger partial charge in [-0.05, 0) is 24.0 Å². The number of fused-ring (bicyclic) bond motifs is 1. The van der Waals surface area contributed by atoms with Gasteiger partial charge in [0.15, 0.2) is 0 Å². The van der Waals surface area contributed by atoms with Gasteiger partial charge in [0.1, 0.15) is 0 Å². The summed E-state index contributed by atoms with van der Waals surface area (Å²) in [6.45, 7) is 1.50. The van der Waals surface area contributed by atoms with Crippen molar-refractivity contribution in [1.29, 1.82) is 0 Å². The first-order valence-electron chi connectivity index (χ1n) is 7.04. The summed E-state index contributed by atoms with van der Waals surface area (Å²) in [6, 6.07) is 8.30. The van der Waals surface area contributed by atoms with E-state index in [-0.39, 0.29) is 11.8 Å². The summed E-state index contributed by atoms with van der Waals surface area (Å²) < 4.78 is 1.99. The average Bonchev–Trinajstić information content (AvgIpc) is 3.13. The molecular weight excluding hydrogens is 250 g/mol. The Morgan fingerprint density at radius 2 is 2.30 bits per heavy atom. The highest BCUT2D eigenvalue weighted by molar-refractivity contribution is 5.84. The molecule has 0 bridgehead atoms. The summed E-state index contributed by atoms with van der Waals surface area (Å²) in [6.07, 6.45) is 7.41. The van der Waals surface area contributed by atoms with Gasteiger partial charge in [-0.2, -0.15) is 0 Å². The summed E-state index contributed by atoms with van der Waals surface area (Å²) in [5.74, 6) is 0.272. The maximum absolute atomic E-state index is 12.6. The SMILES string of the molecule is CN(CCn1ccnc1)C(=O)[C@H]1CCc2ccccc21. The Hall–Kier alpha value is -2.10. The van der Waals surface area contributed by atoms with Gasteiger partial charge in [0.05, 0.1) is 12.2 Å². The minimum atomic E-state index is 0.0407. The molecule has 1 amide bonds. The molecule has 20 heavy (non-hydrogen) atoms. The first-order chi connectivity index (χ1) is 9.75. The van der Waals surface area contributed by atoms with Crippen LogP contribution < -0.4 is 0 Å². The van der Waals surface area contributed by atoms with E-state index < -0.39 is 0 Å². The van der Waals surface area contributed by atoms with Crippen LogP contribution in [-0.2, 0) is 17.8 Å². The monoisotopic (exact) mass is 269 g/mol. The fourth-order valence-corrected chi connectivity index (χ4v) is 2.87. The Morgan fingerprint density at radius 1 is 1.45 bits per heavy atom. The van der Waals surface area contributed by atoms with E-state index in [1.807, 2.05) is 28.8 Å². The number of nitrogens with zero attached hydrogens (tertiary/aromatic N) is 3. The van der Waals surface area contributed by atoms with Crippen LogP contribution in [0.4, 0.5) is 0 Å². The number of aromatic nitrogens is 2. The van der Waals surface area contributed by atoms with Crippen LogP contribution in [0.5, 0.6) is 0 Å². The van der Waals surface area contributed by atoms with Crippen molar-refractivity contribution in [2.75, 3.05) is 13.6 Å². The Labute approximate surface area is 119 Å². The highest BCUT2D eigenvalue weighted by Gasteiger charge is 2.29. The standard InChI is InChI=1S/C16H19N3O/c1-18(10-11-19-9-8-17-12-19)16(20)15-7-6-13-4-2-3-5-14(13)15/h2-5,8-9,12,15H,6-7,10-11H2,1H3/t15-/m0/s1. The molecule has 0 unspecified atom stereocenters.